The highest BCUT2D eigenvalue weighted by atomic mass is 35.5. The van der Waals surface area contributed by atoms with Gasteiger partial charge in [-0.1, -0.05) is 71.2 Å². The van der Waals surface area contributed by atoms with Gasteiger partial charge in [0.05, 0.1) is 56.5 Å². The predicted octanol–water partition coefficient (Wildman–Crippen LogP) is 18.3. The Balaban J connectivity index is 0.000000241. The second kappa shape index (κ2) is 33.6. The summed E-state index contributed by atoms with van der Waals surface area (Å²) in [5.41, 5.74) is 18.5. The summed E-state index contributed by atoms with van der Waals surface area (Å²) in [6.45, 7) is 36.3. The molecule has 2 N–H and O–H groups in total. The number of hydrogen-bond donors (Lipinski definition) is 2. The van der Waals surface area contributed by atoms with Crippen LogP contribution in [0.5, 0.6) is 0 Å². The lowest BCUT2D eigenvalue weighted by atomic mass is 9.91. The van der Waals surface area contributed by atoms with Gasteiger partial charge in [0.25, 0.3) is 0 Å². The zero-order valence-electron chi connectivity index (χ0n) is 62.8. The number of nitrogens with zero attached hydrogens (tertiary/aromatic N) is 9. The number of aryl methyl sites for hydroxylation is 9. The quantitative estimate of drug-likeness (QED) is 0.0861. The number of pyridine rings is 3. The Morgan fingerprint density at radius 1 is 0.476 bits per heavy atom. The van der Waals surface area contributed by atoms with E-state index in [0.717, 1.165) is 111 Å². The molecule has 8 heterocycles. The molecule has 0 aliphatic rings. The van der Waals surface area contributed by atoms with Crippen molar-refractivity contribution in [1.82, 2.24) is 48.6 Å². The molecule has 19 nitrogen and oxygen atoms in total. The Hall–Kier alpha value is -7.64. The van der Waals surface area contributed by atoms with Crippen LogP contribution in [0.2, 0.25) is 15.1 Å². The van der Waals surface area contributed by atoms with E-state index in [4.69, 9.17) is 73.4 Å². The molecule has 0 saturated heterocycles. The Labute approximate surface area is 639 Å². The van der Waals surface area contributed by atoms with Crippen molar-refractivity contribution in [3.05, 3.63) is 191 Å². The van der Waals surface area contributed by atoms with Gasteiger partial charge < -0.3 is 42.9 Å². The summed E-state index contributed by atoms with van der Waals surface area (Å²) in [4.78, 5) is 56.6. The van der Waals surface area contributed by atoms with Crippen LogP contribution in [-0.4, -0.2) is 103 Å². The third kappa shape index (κ3) is 18.7. The van der Waals surface area contributed by atoms with E-state index in [1.54, 1.807) is 9.36 Å². The number of ether oxygens (including phenoxy) is 5. The maximum atomic E-state index is 13.1. The van der Waals surface area contributed by atoms with Gasteiger partial charge in [0.15, 0.2) is 18.3 Å². The Bertz CT molecular complexity index is 4890. The van der Waals surface area contributed by atoms with Gasteiger partial charge >= 0.3 is 17.9 Å². The van der Waals surface area contributed by atoms with Crippen molar-refractivity contribution in [3.8, 4) is 33.4 Å². The second-order valence-corrected chi connectivity index (χ2v) is 29.6. The van der Waals surface area contributed by atoms with Crippen molar-refractivity contribution in [3.63, 3.8) is 0 Å². The number of methoxy groups -OCH3 is 2. The van der Waals surface area contributed by atoms with Crippen LogP contribution in [0.1, 0.15) is 159 Å². The summed E-state index contributed by atoms with van der Waals surface area (Å²) in [7, 11) is 6.55. The average molecular weight is 1520 g/mol. The van der Waals surface area contributed by atoms with Gasteiger partial charge in [0, 0.05) is 136 Å². The summed E-state index contributed by atoms with van der Waals surface area (Å²) in [5, 5.41) is 23.6. The van der Waals surface area contributed by atoms with E-state index < -0.39 is 53.0 Å². The summed E-state index contributed by atoms with van der Waals surface area (Å²) in [6.07, 6.45) is 4.67. The summed E-state index contributed by atoms with van der Waals surface area (Å²) in [6, 6.07) is 22.7. The smallest absolute Gasteiger partial charge is 0.339 e. The molecule has 11 aromatic rings. The lowest BCUT2D eigenvalue weighted by Gasteiger charge is -2.28. The SMILES string of the molecule is COC(=O)[C@@H](OC(C)(C)C)c1c(C)nc2[nH]c(C)c(C)c2c1-c1ccc(Cl)cc1.COC(=O)[C@@H](OC(C)(C)C)c1c(C)nc2c(c(C)c(C)n2Cc2cnn(C)c2)c1-c1ccc(Cl)cc1.Cc1nc2c(c(C)c(C)n2Cc2cnn(C)c2)c(-c2ccc(Cl)cc2)c1[C@H](OC(C)(C)C)C(=O)O.S.S.S. The maximum Gasteiger partial charge on any atom is 0.339 e. The molecule has 0 aliphatic heterocycles. The largest absolute Gasteiger partial charge is 0.479 e. The topological polar surface area (TPSA) is 218 Å². The van der Waals surface area contributed by atoms with Gasteiger partial charge in [-0.3, -0.25) is 9.36 Å². The van der Waals surface area contributed by atoms with Crippen molar-refractivity contribution in [1.29, 1.82) is 0 Å². The molecular weight excluding hydrogens is 1420 g/mol. The van der Waals surface area contributed by atoms with E-state index in [1.807, 2.05) is 209 Å². The first-order valence-electron chi connectivity index (χ1n) is 33.0. The molecule has 8 aromatic heterocycles. The number of aromatic amines is 1. The molecule has 25 heteroatoms. The number of nitrogens with one attached hydrogen (secondary N) is 1. The van der Waals surface area contributed by atoms with Crippen LogP contribution in [0.15, 0.2) is 97.6 Å². The molecule has 0 unspecified atom stereocenters. The molecule has 0 saturated carbocycles. The van der Waals surface area contributed by atoms with Crippen LogP contribution < -0.4 is 0 Å². The van der Waals surface area contributed by atoms with Gasteiger partial charge in [-0.25, -0.2) is 29.3 Å². The Kier molecular flexibility index (Phi) is 27.5. The number of carboxylic acid groups (broad SMARTS) is 1. The fourth-order valence-electron chi connectivity index (χ4n) is 12.8. The van der Waals surface area contributed by atoms with Crippen molar-refractivity contribution in [2.75, 3.05) is 14.2 Å². The van der Waals surface area contributed by atoms with Crippen LogP contribution in [0.4, 0.5) is 0 Å². The number of rotatable bonds is 16. The number of benzene rings is 3. The van der Waals surface area contributed by atoms with E-state index in [9.17, 15) is 19.5 Å². The summed E-state index contributed by atoms with van der Waals surface area (Å²) >= 11 is 18.6. The number of esters is 2. The van der Waals surface area contributed by atoms with Crippen molar-refractivity contribution >= 4 is 126 Å². The van der Waals surface area contributed by atoms with E-state index in [1.165, 1.54) is 14.2 Å². The van der Waals surface area contributed by atoms with Crippen LogP contribution in [0.25, 0.3) is 66.5 Å². The minimum Gasteiger partial charge on any atom is -0.479 e. The number of aromatic nitrogens is 10. The molecule has 552 valence electrons. The molecule has 103 heavy (non-hydrogen) atoms. The number of carbonyl (C=O) groups excluding carboxylic acids is 2. The van der Waals surface area contributed by atoms with Gasteiger partial charge in [0.1, 0.15) is 16.9 Å². The van der Waals surface area contributed by atoms with E-state index in [2.05, 4.69) is 52.0 Å². The standard InChI is InChI=1S/C28H33ClN4O3.C27H31ClN4O3.C23H27ClN2O3.3H2S/c1-16-18(3)33(15-19-13-30-32(7)14-19)26-22(16)24(20-9-11-21(29)12-10-20)23(17(2)31-26)25(27(34)35-8)36-28(4,5)6;1-15-17(3)32(14-18-12-29-31(7)13-18)25-21(15)23(19-8-10-20(28)11-9-19)22(16(2)30-25)24(26(33)34)35-27(4,5)6;1-12-13(2)25-21-17(12)19(15-8-10-16(24)11-9-15)18(14(3)26-21)20(22(27)28-7)29-23(4,5)6;;;/h9-14,25H,15H2,1-8H3;8-13,24H,14H2,1-7H3,(H,33,34);8-11,20H,1-7H3,(H,25,26);3*1H2/t25-;24-;20-;;;/m000.../s1. The Morgan fingerprint density at radius 3 is 1.09 bits per heavy atom. The summed E-state index contributed by atoms with van der Waals surface area (Å²) in [5.74, 6) is -1.97. The Morgan fingerprint density at radius 2 is 0.786 bits per heavy atom. The molecule has 0 amide bonds. The zero-order chi connectivity index (χ0) is 73.5. The number of H-pyrrole nitrogens is 1. The van der Waals surface area contributed by atoms with Crippen LogP contribution in [0.3, 0.4) is 0 Å². The minimum atomic E-state index is -1.18. The normalized spacial score (nSPS) is 12.5. The van der Waals surface area contributed by atoms with Crippen LogP contribution in [0, 0.1) is 62.3 Å². The number of fused-ring (bicyclic) bond motifs is 3. The molecule has 0 bridgehead atoms. The maximum absolute atomic E-state index is 13.1. The molecule has 3 aromatic carbocycles. The molecule has 0 fully saturated rings. The highest BCUT2D eigenvalue weighted by Crippen LogP contribution is 2.46. The van der Waals surface area contributed by atoms with E-state index in [-0.39, 0.29) is 40.5 Å². The zero-order valence-corrected chi connectivity index (χ0v) is 68.0. The number of hydrogen-bond acceptors (Lipinski definition) is 13. The molecule has 0 aliphatic carbocycles. The van der Waals surface area contributed by atoms with Crippen LogP contribution in [-0.2, 0) is 65.3 Å². The third-order valence-corrected chi connectivity index (χ3v) is 18.2. The number of aliphatic carboxylic acids is 1. The number of halogens is 3. The molecule has 0 spiro atoms. The first-order valence-corrected chi connectivity index (χ1v) is 34.1. The molecule has 11 rings (SSSR count). The van der Waals surface area contributed by atoms with E-state index >= 15 is 0 Å². The average Bonchev–Trinajstić information content (AvgIpc) is 1.63. The highest BCUT2D eigenvalue weighted by Gasteiger charge is 2.38. The van der Waals surface area contributed by atoms with Gasteiger partial charge in [-0.15, -0.1) is 0 Å². The highest BCUT2D eigenvalue weighted by molar-refractivity contribution is 7.59. The number of carbonyl (C=O) groups is 3. The first-order chi connectivity index (χ1) is 46.8. The fourth-order valence-corrected chi connectivity index (χ4v) is 13.1. The second-order valence-electron chi connectivity index (χ2n) is 28.3. The van der Waals surface area contributed by atoms with Crippen LogP contribution >= 0.6 is 75.3 Å². The monoisotopic (exact) mass is 1520 g/mol. The predicted molar refractivity (Wildman–Crippen MR) is 428 cm³/mol. The fraction of sp³-hybridized carbons (Fsp3) is 0.385. The van der Waals surface area contributed by atoms with Crippen molar-refractivity contribution in [2.24, 2.45) is 14.1 Å². The molecular formula is C78H97Cl3N10O9S3. The summed E-state index contributed by atoms with van der Waals surface area (Å²) < 4.78 is 36.8. The lowest BCUT2D eigenvalue weighted by molar-refractivity contribution is -0.164. The number of carboxylic acids is 1. The minimum absolute atomic E-state index is 0. The lowest BCUT2D eigenvalue weighted by Crippen LogP contribution is -2.29. The third-order valence-electron chi connectivity index (χ3n) is 17.5. The van der Waals surface area contributed by atoms with E-state index in [0.29, 0.717) is 61.9 Å². The van der Waals surface area contributed by atoms with Gasteiger partial charge in [-0.05, 0) is 194 Å². The first kappa shape index (κ1) is 84.3. The van der Waals surface area contributed by atoms with Crippen molar-refractivity contribution in [2.45, 2.75) is 173 Å². The molecule has 3 atom stereocenters. The van der Waals surface area contributed by atoms with Gasteiger partial charge in [-0.2, -0.15) is 50.7 Å². The van der Waals surface area contributed by atoms with Crippen molar-refractivity contribution < 1.29 is 43.2 Å². The molecule has 0 radical (unpaired) electrons. The van der Waals surface area contributed by atoms with Gasteiger partial charge in [0.2, 0.25) is 0 Å².